The molecule has 1 aliphatic rings. The van der Waals surface area contributed by atoms with Crippen LogP contribution >= 0.6 is 23.2 Å². The van der Waals surface area contributed by atoms with E-state index < -0.39 is 43.7 Å². The SMILES string of the molecule is O=[N+]([O-])C1=CCC(Cl)=C([N+](=O)[O-])C1(Cl)C(F)(F)F. The topological polar surface area (TPSA) is 86.3 Å². The molecule has 0 saturated heterocycles. The van der Waals surface area contributed by atoms with Gasteiger partial charge in [-0.1, -0.05) is 23.2 Å². The van der Waals surface area contributed by atoms with E-state index in [1.54, 1.807) is 0 Å². The van der Waals surface area contributed by atoms with Gasteiger partial charge in [0, 0.05) is 6.42 Å². The average molecular weight is 307 g/mol. The maximum absolute atomic E-state index is 12.8. The zero-order chi connectivity index (χ0) is 14.3. The van der Waals surface area contributed by atoms with Gasteiger partial charge in [0.05, 0.1) is 14.9 Å². The largest absolute Gasteiger partial charge is 0.428 e. The van der Waals surface area contributed by atoms with E-state index in [0.717, 1.165) is 0 Å². The molecule has 0 bridgehead atoms. The highest BCUT2D eigenvalue weighted by atomic mass is 35.5. The molecule has 0 spiro atoms. The third-order valence-corrected chi connectivity index (χ3v) is 3.10. The number of allylic oxidation sites excluding steroid dienone is 2. The summed E-state index contributed by atoms with van der Waals surface area (Å²) in [5, 5.41) is 20.4. The Balaban J connectivity index is 3.59. The number of nitro groups is 2. The van der Waals surface area contributed by atoms with Crippen LogP contribution in [-0.4, -0.2) is 20.9 Å². The fourth-order valence-corrected chi connectivity index (χ4v) is 2.10. The van der Waals surface area contributed by atoms with Crippen LogP contribution in [0.3, 0.4) is 0 Å². The lowest BCUT2D eigenvalue weighted by Gasteiger charge is -2.26. The van der Waals surface area contributed by atoms with Crippen LogP contribution in [0.15, 0.2) is 22.5 Å². The zero-order valence-electron chi connectivity index (χ0n) is 8.20. The fraction of sp³-hybridized carbons (Fsp3) is 0.429. The summed E-state index contributed by atoms with van der Waals surface area (Å²) in [6.07, 6.45) is -5.48. The Labute approximate surface area is 107 Å². The molecule has 1 unspecified atom stereocenters. The smallest absolute Gasteiger partial charge is 0.259 e. The molecule has 0 heterocycles. The standard InChI is InChI=1S/C7H3Cl2F3N2O4/c8-3-1-2-4(13(15)16)6(9,7(10,11)12)5(3)14(17)18/h2H,1H2. The van der Waals surface area contributed by atoms with Crippen LogP contribution in [0.1, 0.15) is 6.42 Å². The van der Waals surface area contributed by atoms with Crippen LogP contribution in [0.5, 0.6) is 0 Å². The Kier molecular flexibility index (Phi) is 3.59. The molecule has 18 heavy (non-hydrogen) atoms. The van der Waals surface area contributed by atoms with Crippen molar-refractivity contribution in [2.24, 2.45) is 0 Å². The first-order valence-corrected chi connectivity index (χ1v) is 4.93. The summed E-state index contributed by atoms with van der Waals surface area (Å²) in [7, 11) is 0. The van der Waals surface area contributed by atoms with E-state index in [1.165, 1.54) is 0 Å². The molecule has 0 aliphatic heterocycles. The molecule has 1 rings (SSSR count). The predicted molar refractivity (Wildman–Crippen MR) is 54.2 cm³/mol. The number of hydrogen-bond acceptors (Lipinski definition) is 4. The predicted octanol–water partition coefficient (Wildman–Crippen LogP) is 2.82. The van der Waals surface area contributed by atoms with Crippen molar-refractivity contribution < 1.29 is 23.0 Å². The van der Waals surface area contributed by atoms with Gasteiger partial charge in [-0.15, -0.1) is 0 Å². The third kappa shape index (κ3) is 2.03. The highest BCUT2D eigenvalue weighted by Crippen LogP contribution is 2.51. The van der Waals surface area contributed by atoms with Crippen molar-refractivity contribution in [1.82, 2.24) is 0 Å². The Hall–Kier alpha value is -1.35. The maximum atomic E-state index is 12.8. The highest BCUT2D eigenvalue weighted by molar-refractivity contribution is 6.33. The number of halogens is 5. The molecule has 0 aromatic heterocycles. The average Bonchev–Trinajstić information content (AvgIpc) is 2.14. The molecular weight excluding hydrogens is 304 g/mol. The number of nitrogens with zero attached hydrogens (tertiary/aromatic N) is 2. The lowest BCUT2D eigenvalue weighted by Crippen LogP contribution is -2.49. The Morgan fingerprint density at radius 1 is 1.28 bits per heavy atom. The second kappa shape index (κ2) is 4.39. The summed E-state index contributed by atoms with van der Waals surface area (Å²) < 4.78 is 38.5. The molecule has 100 valence electrons. The van der Waals surface area contributed by atoms with Crippen LogP contribution in [0, 0.1) is 20.2 Å². The number of rotatable bonds is 2. The van der Waals surface area contributed by atoms with E-state index in [1.807, 2.05) is 0 Å². The molecule has 0 radical (unpaired) electrons. The van der Waals surface area contributed by atoms with E-state index in [-0.39, 0.29) is 0 Å². The lowest BCUT2D eigenvalue weighted by atomic mass is 9.93. The fourth-order valence-electron chi connectivity index (χ4n) is 1.44. The van der Waals surface area contributed by atoms with Crippen molar-refractivity contribution in [1.29, 1.82) is 0 Å². The minimum Gasteiger partial charge on any atom is -0.259 e. The molecule has 0 fully saturated rings. The molecule has 0 N–H and O–H groups in total. The molecule has 0 aromatic carbocycles. The van der Waals surface area contributed by atoms with Gasteiger partial charge in [-0.25, -0.2) is 0 Å². The summed E-state index contributed by atoms with van der Waals surface area (Å²) >= 11 is 10.5. The summed E-state index contributed by atoms with van der Waals surface area (Å²) in [5.41, 5.74) is -3.15. The summed E-state index contributed by atoms with van der Waals surface area (Å²) in [5.74, 6) is 0. The second-order valence-corrected chi connectivity index (χ2v) is 4.24. The second-order valence-electron chi connectivity index (χ2n) is 3.22. The first-order chi connectivity index (χ1) is 8.03. The normalized spacial score (nSPS) is 24.8. The van der Waals surface area contributed by atoms with Gasteiger partial charge in [-0.05, 0) is 6.08 Å². The summed E-state index contributed by atoms with van der Waals surface area (Å²) in [4.78, 5) is 14.5. The van der Waals surface area contributed by atoms with Gasteiger partial charge >= 0.3 is 16.7 Å². The van der Waals surface area contributed by atoms with Crippen LogP contribution < -0.4 is 0 Å². The molecule has 6 nitrogen and oxygen atoms in total. The molecule has 0 saturated carbocycles. The highest BCUT2D eigenvalue weighted by Gasteiger charge is 2.71. The van der Waals surface area contributed by atoms with Crippen molar-refractivity contribution in [2.45, 2.75) is 17.5 Å². The van der Waals surface area contributed by atoms with E-state index in [4.69, 9.17) is 23.2 Å². The quantitative estimate of drug-likeness (QED) is 0.446. The van der Waals surface area contributed by atoms with Crippen molar-refractivity contribution in [3.8, 4) is 0 Å². The van der Waals surface area contributed by atoms with Gasteiger partial charge < -0.3 is 0 Å². The van der Waals surface area contributed by atoms with Crippen molar-refractivity contribution in [3.63, 3.8) is 0 Å². The van der Waals surface area contributed by atoms with Crippen molar-refractivity contribution >= 4 is 23.2 Å². The van der Waals surface area contributed by atoms with Crippen LogP contribution in [-0.2, 0) is 0 Å². The maximum Gasteiger partial charge on any atom is 0.428 e. The molecule has 1 atom stereocenters. The zero-order valence-corrected chi connectivity index (χ0v) is 9.71. The molecule has 1 aliphatic carbocycles. The Morgan fingerprint density at radius 3 is 2.11 bits per heavy atom. The molecule has 11 heteroatoms. The summed E-state index contributed by atoms with van der Waals surface area (Å²) in [6, 6.07) is 0. The summed E-state index contributed by atoms with van der Waals surface area (Å²) in [6.45, 7) is 0. The Bertz CT molecular complexity index is 488. The first kappa shape index (κ1) is 14.7. The van der Waals surface area contributed by atoms with Crippen LogP contribution in [0.2, 0.25) is 0 Å². The van der Waals surface area contributed by atoms with E-state index in [9.17, 15) is 33.4 Å². The van der Waals surface area contributed by atoms with Crippen molar-refractivity contribution in [2.75, 3.05) is 0 Å². The minimum absolute atomic E-state index is 0.510. The van der Waals surface area contributed by atoms with E-state index in [2.05, 4.69) is 0 Å². The van der Waals surface area contributed by atoms with Gasteiger partial charge in [0.15, 0.2) is 0 Å². The first-order valence-electron chi connectivity index (χ1n) is 4.17. The van der Waals surface area contributed by atoms with Gasteiger partial charge in [0.1, 0.15) is 0 Å². The van der Waals surface area contributed by atoms with Gasteiger partial charge in [-0.3, -0.25) is 20.2 Å². The number of alkyl halides is 4. The minimum atomic E-state index is -5.43. The van der Waals surface area contributed by atoms with Gasteiger partial charge in [0.2, 0.25) is 0 Å². The molecule has 0 aromatic rings. The lowest BCUT2D eigenvalue weighted by molar-refractivity contribution is -0.469. The monoisotopic (exact) mass is 306 g/mol. The third-order valence-electron chi connectivity index (χ3n) is 2.18. The van der Waals surface area contributed by atoms with Crippen LogP contribution in [0.4, 0.5) is 13.2 Å². The van der Waals surface area contributed by atoms with Crippen LogP contribution in [0.25, 0.3) is 0 Å². The molecule has 0 amide bonds. The van der Waals surface area contributed by atoms with E-state index in [0.29, 0.717) is 6.08 Å². The number of hydrogen-bond donors (Lipinski definition) is 0. The molecular formula is C7H3Cl2F3N2O4. The van der Waals surface area contributed by atoms with Gasteiger partial charge in [-0.2, -0.15) is 13.2 Å². The van der Waals surface area contributed by atoms with Crippen molar-refractivity contribution in [3.05, 3.63) is 42.7 Å². The van der Waals surface area contributed by atoms with E-state index >= 15 is 0 Å². The van der Waals surface area contributed by atoms with Gasteiger partial charge in [0.25, 0.3) is 5.70 Å². The Morgan fingerprint density at radius 2 is 1.78 bits per heavy atom.